The lowest BCUT2D eigenvalue weighted by atomic mass is 9.77. The van der Waals surface area contributed by atoms with Crippen molar-refractivity contribution in [3.63, 3.8) is 0 Å². The van der Waals surface area contributed by atoms with Crippen LogP contribution in [0.15, 0.2) is 125 Å². The maximum atomic E-state index is 11.9. The number of aliphatic carboxylic acids is 1. The molecule has 0 saturated carbocycles. The summed E-state index contributed by atoms with van der Waals surface area (Å²) in [5.74, 6) is 0.424. The average Bonchev–Trinajstić information content (AvgIpc) is 3.54. The highest BCUT2D eigenvalue weighted by atomic mass is 32.2. The minimum atomic E-state index is -4.36. The number of carbonyl (C=O) groups is 1. The summed E-state index contributed by atoms with van der Waals surface area (Å²) in [6.07, 6.45) is 17.0. The molecule has 0 amide bonds. The highest BCUT2D eigenvalue weighted by Gasteiger charge is 2.44. The minimum Gasteiger partial charge on any atom is -0.481 e. The van der Waals surface area contributed by atoms with Crippen molar-refractivity contribution in [2.45, 2.75) is 115 Å². The molecule has 8 nitrogen and oxygen atoms in total. The third-order valence-corrected chi connectivity index (χ3v) is 12.6. The number of unbranched alkanes of at least 4 members (excludes halogenated alkanes) is 2. The van der Waals surface area contributed by atoms with E-state index in [0.29, 0.717) is 18.6 Å². The lowest BCUT2D eigenvalue weighted by molar-refractivity contribution is -0.438. The molecular weight excluding hydrogens is 721 g/mol. The molecule has 1 atom stereocenters. The molecule has 1 aliphatic carbocycles. The van der Waals surface area contributed by atoms with E-state index in [1.165, 1.54) is 40.3 Å². The number of anilines is 1. The summed E-state index contributed by atoms with van der Waals surface area (Å²) in [6, 6.07) is 23.1. The summed E-state index contributed by atoms with van der Waals surface area (Å²) >= 11 is 0. The third-order valence-electron chi connectivity index (χ3n) is 11.7. The van der Waals surface area contributed by atoms with Crippen molar-refractivity contribution in [1.29, 1.82) is 0 Å². The monoisotopic (exact) mass is 777 g/mol. The Labute approximate surface area is 333 Å². The Morgan fingerprint density at radius 1 is 0.875 bits per heavy atom. The zero-order valence-corrected chi connectivity index (χ0v) is 34.4. The maximum Gasteiger partial charge on any atom is 0.303 e. The first-order chi connectivity index (χ1) is 26.8. The van der Waals surface area contributed by atoms with Gasteiger partial charge in [0, 0.05) is 53.9 Å². The van der Waals surface area contributed by atoms with Crippen molar-refractivity contribution >= 4 is 33.2 Å². The second-order valence-electron chi connectivity index (χ2n) is 16.0. The molecule has 9 heteroatoms. The summed E-state index contributed by atoms with van der Waals surface area (Å²) in [7, 11) is -4.36. The molecular formula is C47H57N2O6S+. The third kappa shape index (κ3) is 8.49. The van der Waals surface area contributed by atoms with Gasteiger partial charge in [-0.05, 0) is 118 Å². The standard InChI is InChI=1S/C47H56N2O6S/c1-6-8-32-48-40-20-12-10-18-38(40)46(3,4)42(48)29-23-34-16-14-17-35(45(34)55-36-25-27-37(28-26-36)56(52,53)54)24-30-43-47(5,31-15-22-44(50)51)39-19-11-13-21-41(39)49(43)33-9-7-2/h10-13,18-21,23-30H,6-9,14-17,22,31-33H2,1-5H3,(H-,50,51,52,53,54)/p+1. The fourth-order valence-corrected chi connectivity index (χ4v) is 9.11. The summed E-state index contributed by atoms with van der Waals surface area (Å²) < 4.78 is 42.5. The van der Waals surface area contributed by atoms with Gasteiger partial charge in [-0.1, -0.05) is 69.2 Å². The van der Waals surface area contributed by atoms with Crippen LogP contribution in [0.4, 0.5) is 11.4 Å². The van der Waals surface area contributed by atoms with Crippen LogP contribution in [0.1, 0.15) is 110 Å². The first-order valence-electron chi connectivity index (χ1n) is 20.2. The number of para-hydroxylation sites is 2. The maximum absolute atomic E-state index is 11.9. The minimum absolute atomic E-state index is 0.116. The molecule has 3 aromatic rings. The first-order valence-corrected chi connectivity index (χ1v) is 21.6. The van der Waals surface area contributed by atoms with Crippen molar-refractivity contribution in [3.05, 3.63) is 131 Å². The van der Waals surface area contributed by atoms with Gasteiger partial charge in [-0.2, -0.15) is 13.0 Å². The molecule has 6 rings (SSSR count). The van der Waals surface area contributed by atoms with E-state index in [4.69, 9.17) is 4.74 Å². The van der Waals surface area contributed by atoms with E-state index in [1.54, 1.807) is 12.1 Å². The molecule has 2 aliphatic heterocycles. The van der Waals surface area contributed by atoms with Crippen LogP contribution in [0.5, 0.6) is 5.75 Å². The molecule has 1 unspecified atom stereocenters. The van der Waals surface area contributed by atoms with E-state index in [-0.39, 0.29) is 22.1 Å². The Bertz CT molecular complexity index is 2210. The van der Waals surface area contributed by atoms with Crippen molar-refractivity contribution < 1.29 is 32.2 Å². The highest BCUT2D eigenvalue weighted by molar-refractivity contribution is 7.85. The van der Waals surface area contributed by atoms with Gasteiger partial charge in [0.15, 0.2) is 5.71 Å². The van der Waals surface area contributed by atoms with Crippen LogP contribution < -0.4 is 9.64 Å². The second kappa shape index (κ2) is 17.2. The van der Waals surface area contributed by atoms with Crippen molar-refractivity contribution in [3.8, 4) is 5.75 Å². The number of benzene rings is 3. The number of ether oxygens (including phenoxy) is 1. The van der Waals surface area contributed by atoms with Gasteiger partial charge in [-0.25, -0.2) is 0 Å². The molecule has 0 saturated heterocycles. The van der Waals surface area contributed by atoms with E-state index in [2.05, 4.69) is 117 Å². The Hall–Kier alpha value is -4.73. The van der Waals surface area contributed by atoms with Crippen LogP contribution in [0.2, 0.25) is 0 Å². The smallest absolute Gasteiger partial charge is 0.303 e. The first kappa shape index (κ1) is 40.9. The van der Waals surface area contributed by atoms with Crippen LogP contribution in [0.3, 0.4) is 0 Å². The lowest BCUT2D eigenvalue weighted by Gasteiger charge is -2.30. The van der Waals surface area contributed by atoms with E-state index >= 15 is 0 Å². The van der Waals surface area contributed by atoms with Crippen LogP contribution >= 0.6 is 0 Å². The largest absolute Gasteiger partial charge is 0.481 e. The van der Waals surface area contributed by atoms with Crippen LogP contribution in [0.25, 0.3) is 0 Å². The number of rotatable bonds is 16. The topological polar surface area (TPSA) is 107 Å². The number of fused-ring (bicyclic) bond motifs is 2. The zero-order valence-electron chi connectivity index (χ0n) is 33.6. The van der Waals surface area contributed by atoms with E-state index < -0.39 is 16.1 Å². The quantitative estimate of drug-likeness (QED) is 0.110. The van der Waals surface area contributed by atoms with E-state index in [0.717, 1.165) is 80.6 Å². The van der Waals surface area contributed by atoms with Crippen LogP contribution in [0, 0.1) is 0 Å². The van der Waals surface area contributed by atoms with Gasteiger partial charge in [0.2, 0.25) is 5.69 Å². The SMILES string of the molecule is CCCCN1/C(=C/C=C2\CCCC(/C=C/C3=[N+](CCCC)c4ccccc4C3(C)C)=C2Oc2ccc(S(=O)(=O)O)cc2)C(C)(CCCC(=O)O)c2ccccc21. The summed E-state index contributed by atoms with van der Waals surface area (Å²) in [4.78, 5) is 13.8. The normalized spacial score (nSPS) is 20.7. The molecule has 0 radical (unpaired) electrons. The van der Waals surface area contributed by atoms with Gasteiger partial charge in [0.05, 0.1) is 10.3 Å². The summed E-state index contributed by atoms with van der Waals surface area (Å²) in [5.41, 5.74) is 8.84. The van der Waals surface area contributed by atoms with E-state index in [9.17, 15) is 22.9 Å². The number of carboxylic acids is 1. The van der Waals surface area contributed by atoms with Gasteiger partial charge in [0.25, 0.3) is 10.1 Å². The molecule has 0 fully saturated rings. The highest BCUT2D eigenvalue weighted by Crippen LogP contribution is 2.51. The van der Waals surface area contributed by atoms with Crippen LogP contribution in [-0.4, -0.2) is 47.4 Å². The zero-order chi connectivity index (χ0) is 40.1. The summed E-state index contributed by atoms with van der Waals surface area (Å²) in [5, 5.41) is 9.54. The average molecular weight is 778 g/mol. The van der Waals surface area contributed by atoms with Gasteiger partial charge in [-0.3, -0.25) is 9.35 Å². The van der Waals surface area contributed by atoms with Gasteiger partial charge in [0.1, 0.15) is 18.1 Å². The van der Waals surface area contributed by atoms with Gasteiger partial charge < -0.3 is 14.7 Å². The second-order valence-corrected chi connectivity index (χ2v) is 17.4. The van der Waals surface area contributed by atoms with E-state index in [1.807, 2.05) is 0 Å². The number of hydrogen-bond donors (Lipinski definition) is 2. The molecule has 0 bridgehead atoms. The number of allylic oxidation sites excluding steroid dienone is 7. The molecule has 2 heterocycles. The molecule has 0 aromatic heterocycles. The van der Waals surface area contributed by atoms with Crippen LogP contribution in [-0.2, 0) is 25.7 Å². The van der Waals surface area contributed by atoms with Crippen molar-refractivity contribution in [2.24, 2.45) is 0 Å². The lowest BCUT2D eigenvalue weighted by Crippen LogP contribution is -2.29. The predicted octanol–water partition coefficient (Wildman–Crippen LogP) is 10.8. The molecule has 0 spiro atoms. The Kier molecular flexibility index (Phi) is 12.6. The Morgan fingerprint density at radius 2 is 1.57 bits per heavy atom. The number of nitrogens with zero attached hydrogens (tertiary/aromatic N) is 2. The Balaban J connectivity index is 1.47. The molecule has 56 heavy (non-hydrogen) atoms. The number of carboxylic acid groups (broad SMARTS) is 1. The van der Waals surface area contributed by atoms with Crippen molar-refractivity contribution in [1.82, 2.24) is 0 Å². The van der Waals surface area contributed by atoms with Gasteiger partial charge in [-0.15, -0.1) is 0 Å². The summed E-state index contributed by atoms with van der Waals surface area (Å²) in [6.45, 7) is 13.0. The molecule has 2 N–H and O–H groups in total. The fourth-order valence-electron chi connectivity index (χ4n) is 8.63. The predicted molar refractivity (Wildman–Crippen MR) is 225 cm³/mol. The molecule has 296 valence electrons. The fraction of sp³-hybridized carbons (Fsp3) is 0.404. The van der Waals surface area contributed by atoms with Gasteiger partial charge >= 0.3 is 5.97 Å². The Morgan fingerprint density at radius 3 is 2.27 bits per heavy atom. The number of hydrogen-bond acceptors (Lipinski definition) is 5. The molecule has 3 aliphatic rings. The van der Waals surface area contributed by atoms with Crippen molar-refractivity contribution in [2.75, 3.05) is 18.0 Å². The molecule has 3 aromatic carbocycles.